The van der Waals surface area contributed by atoms with Gasteiger partial charge in [0, 0.05) is 22.7 Å². The fraction of sp³-hybridized carbons (Fsp3) is 0.150. The minimum absolute atomic E-state index is 0.0532. The van der Waals surface area contributed by atoms with Gasteiger partial charge in [0.1, 0.15) is 5.75 Å². The smallest absolute Gasteiger partial charge is 0.228 e. The number of Topliss-reactive ketones (excluding diaryl/α,β-unsaturated/α-hetero) is 1. The number of aromatic nitrogens is 1. The molecule has 1 amide bonds. The average molecular weight is 334 g/mol. The van der Waals surface area contributed by atoms with Crippen molar-refractivity contribution in [2.24, 2.45) is 0 Å². The number of nitrogens with one attached hydrogen (secondary N) is 1. The highest BCUT2D eigenvalue weighted by molar-refractivity contribution is 6.01. The molecule has 0 radical (unpaired) electrons. The van der Waals surface area contributed by atoms with Gasteiger partial charge in [0.2, 0.25) is 5.91 Å². The molecule has 0 aliphatic carbocycles. The summed E-state index contributed by atoms with van der Waals surface area (Å²) in [6, 6.07) is 14.5. The molecule has 0 unspecified atom stereocenters. The molecule has 0 bridgehead atoms. The number of hydrogen-bond acceptors (Lipinski definition) is 4. The van der Waals surface area contributed by atoms with E-state index in [1.807, 2.05) is 30.3 Å². The molecule has 0 aliphatic heterocycles. The maximum absolute atomic E-state index is 12.5. The minimum Gasteiger partial charge on any atom is -0.496 e. The molecule has 0 aliphatic rings. The number of methoxy groups -OCH3 is 1. The van der Waals surface area contributed by atoms with E-state index in [0.29, 0.717) is 22.6 Å². The lowest BCUT2D eigenvalue weighted by atomic mass is 10.0. The van der Waals surface area contributed by atoms with Gasteiger partial charge >= 0.3 is 0 Å². The van der Waals surface area contributed by atoms with E-state index in [-0.39, 0.29) is 18.1 Å². The van der Waals surface area contributed by atoms with E-state index < -0.39 is 0 Å². The van der Waals surface area contributed by atoms with E-state index in [9.17, 15) is 9.59 Å². The van der Waals surface area contributed by atoms with Crippen molar-refractivity contribution in [3.05, 3.63) is 65.9 Å². The predicted octanol–water partition coefficient (Wildman–Crippen LogP) is 3.63. The van der Waals surface area contributed by atoms with Gasteiger partial charge in [-0.15, -0.1) is 0 Å². The molecule has 3 aromatic rings. The van der Waals surface area contributed by atoms with Crippen LogP contribution in [0.3, 0.4) is 0 Å². The van der Waals surface area contributed by atoms with Gasteiger partial charge in [0.25, 0.3) is 0 Å². The van der Waals surface area contributed by atoms with Crippen molar-refractivity contribution in [1.82, 2.24) is 4.98 Å². The Labute approximate surface area is 145 Å². The third kappa shape index (κ3) is 3.66. The van der Waals surface area contributed by atoms with E-state index in [1.165, 1.54) is 6.92 Å². The number of para-hydroxylation sites is 1. The molecule has 1 N–H and O–H groups in total. The van der Waals surface area contributed by atoms with Crippen LogP contribution in [-0.2, 0) is 11.2 Å². The predicted molar refractivity (Wildman–Crippen MR) is 97.1 cm³/mol. The molecular formula is C20H18N2O3. The van der Waals surface area contributed by atoms with Gasteiger partial charge in [-0.1, -0.05) is 18.2 Å². The summed E-state index contributed by atoms with van der Waals surface area (Å²) in [5, 5.41) is 3.85. The highest BCUT2D eigenvalue weighted by Gasteiger charge is 2.13. The first-order valence-corrected chi connectivity index (χ1v) is 7.90. The van der Waals surface area contributed by atoms with Crippen molar-refractivity contribution >= 4 is 28.3 Å². The van der Waals surface area contributed by atoms with Crippen LogP contribution in [0.25, 0.3) is 10.9 Å². The fourth-order valence-electron chi connectivity index (χ4n) is 2.71. The van der Waals surface area contributed by atoms with Gasteiger partial charge in [0.05, 0.1) is 24.7 Å². The van der Waals surface area contributed by atoms with Crippen molar-refractivity contribution in [2.75, 3.05) is 12.4 Å². The van der Waals surface area contributed by atoms with Crippen LogP contribution in [0.15, 0.2) is 54.7 Å². The van der Waals surface area contributed by atoms with Crippen LogP contribution in [0.2, 0.25) is 0 Å². The Bertz CT molecular complexity index is 945. The third-order valence-electron chi connectivity index (χ3n) is 3.94. The number of benzene rings is 2. The first-order valence-electron chi connectivity index (χ1n) is 7.90. The molecule has 0 saturated heterocycles. The molecule has 0 saturated carbocycles. The maximum atomic E-state index is 12.5. The molecular weight excluding hydrogens is 316 g/mol. The molecule has 3 rings (SSSR count). The summed E-state index contributed by atoms with van der Waals surface area (Å²) in [6.07, 6.45) is 1.80. The molecule has 126 valence electrons. The molecule has 2 aromatic carbocycles. The van der Waals surface area contributed by atoms with E-state index in [4.69, 9.17) is 4.74 Å². The van der Waals surface area contributed by atoms with Gasteiger partial charge < -0.3 is 10.1 Å². The Kier molecular flexibility index (Phi) is 4.75. The van der Waals surface area contributed by atoms with Crippen molar-refractivity contribution in [1.29, 1.82) is 0 Å². The Hall–Kier alpha value is -3.21. The van der Waals surface area contributed by atoms with Crippen molar-refractivity contribution in [3.8, 4) is 5.75 Å². The molecule has 5 nitrogen and oxygen atoms in total. The average Bonchev–Trinajstić information content (AvgIpc) is 2.62. The second-order valence-electron chi connectivity index (χ2n) is 5.69. The van der Waals surface area contributed by atoms with Gasteiger partial charge in [0.15, 0.2) is 5.78 Å². The summed E-state index contributed by atoms with van der Waals surface area (Å²) >= 11 is 0. The number of hydrogen-bond donors (Lipinski definition) is 1. The van der Waals surface area contributed by atoms with E-state index in [2.05, 4.69) is 10.3 Å². The van der Waals surface area contributed by atoms with Crippen LogP contribution in [-0.4, -0.2) is 23.8 Å². The summed E-state index contributed by atoms with van der Waals surface area (Å²) < 4.78 is 5.30. The second-order valence-corrected chi connectivity index (χ2v) is 5.69. The van der Waals surface area contributed by atoms with Crippen LogP contribution in [0, 0.1) is 0 Å². The Morgan fingerprint density at radius 2 is 1.92 bits per heavy atom. The molecule has 0 fully saturated rings. The third-order valence-corrected chi connectivity index (χ3v) is 3.94. The highest BCUT2D eigenvalue weighted by atomic mass is 16.5. The van der Waals surface area contributed by atoms with Gasteiger partial charge in [-0.3, -0.25) is 14.6 Å². The van der Waals surface area contributed by atoms with Crippen molar-refractivity contribution < 1.29 is 14.3 Å². The number of fused-ring (bicyclic) bond motifs is 1. The zero-order valence-corrected chi connectivity index (χ0v) is 14.1. The molecule has 5 heteroatoms. The van der Waals surface area contributed by atoms with Gasteiger partial charge in [-0.25, -0.2) is 0 Å². The molecule has 0 atom stereocenters. The highest BCUT2D eigenvalue weighted by Crippen LogP contribution is 2.23. The van der Waals surface area contributed by atoms with Crippen LogP contribution < -0.4 is 10.1 Å². The first kappa shape index (κ1) is 16.6. The molecule has 25 heavy (non-hydrogen) atoms. The Morgan fingerprint density at radius 3 is 2.68 bits per heavy atom. The van der Waals surface area contributed by atoms with E-state index in [0.717, 1.165) is 10.9 Å². The standard InChI is InChI=1S/C20H18N2O3/c1-13(23)15-8-9-18(25-2)16(11-15)12-19(24)22-17-7-3-5-14-6-4-10-21-20(14)17/h3-11H,12H2,1-2H3,(H,22,24). The van der Waals surface area contributed by atoms with Crippen LogP contribution in [0.5, 0.6) is 5.75 Å². The molecule has 1 aromatic heterocycles. The molecule has 1 heterocycles. The zero-order chi connectivity index (χ0) is 17.8. The lowest BCUT2D eigenvalue weighted by molar-refractivity contribution is -0.115. The quantitative estimate of drug-likeness (QED) is 0.724. The summed E-state index contributed by atoms with van der Waals surface area (Å²) in [7, 11) is 1.54. The van der Waals surface area contributed by atoms with Crippen molar-refractivity contribution in [3.63, 3.8) is 0 Å². The lowest BCUT2D eigenvalue weighted by Gasteiger charge is -2.11. The number of ketones is 1. The normalized spacial score (nSPS) is 10.5. The summed E-state index contributed by atoms with van der Waals surface area (Å²) in [6.45, 7) is 1.49. The van der Waals surface area contributed by atoms with Gasteiger partial charge in [-0.05, 0) is 37.3 Å². The number of ether oxygens (including phenoxy) is 1. The van der Waals surface area contributed by atoms with Crippen LogP contribution in [0.4, 0.5) is 5.69 Å². The SMILES string of the molecule is COc1ccc(C(C)=O)cc1CC(=O)Nc1cccc2cccnc12. The number of pyridine rings is 1. The van der Waals surface area contributed by atoms with Crippen molar-refractivity contribution in [2.45, 2.75) is 13.3 Å². The summed E-state index contributed by atoms with van der Waals surface area (Å²) in [5.41, 5.74) is 2.61. The van der Waals surface area contributed by atoms with E-state index in [1.54, 1.807) is 31.5 Å². The first-order chi connectivity index (χ1) is 12.1. The fourth-order valence-corrected chi connectivity index (χ4v) is 2.71. The van der Waals surface area contributed by atoms with Crippen LogP contribution >= 0.6 is 0 Å². The number of carbonyl (C=O) groups is 2. The number of anilines is 1. The number of amides is 1. The lowest BCUT2D eigenvalue weighted by Crippen LogP contribution is -2.15. The molecule has 0 spiro atoms. The largest absolute Gasteiger partial charge is 0.496 e. The minimum atomic E-state index is -0.197. The summed E-state index contributed by atoms with van der Waals surface area (Å²) in [4.78, 5) is 28.4. The van der Waals surface area contributed by atoms with Gasteiger partial charge in [-0.2, -0.15) is 0 Å². The topological polar surface area (TPSA) is 68.3 Å². The number of nitrogens with zero attached hydrogens (tertiary/aromatic N) is 1. The summed E-state index contributed by atoms with van der Waals surface area (Å²) in [5.74, 6) is 0.330. The monoisotopic (exact) mass is 334 g/mol. The van der Waals surface area contributed by atoms with Crippen LogP contribution in [0.1, 0.15) is 22.8 Å². The maximum Gasteiger partial charge on any atom is 0.228 e. The number of carbonyl (C=O) groups excluding carboxylic acids is 2. The second kappa shape index (κ2) is 7.13. The number of rotatable bonds is 5. The zero-order valence-electron chi connectivity index (χ0n) is 14.1. The Morgan fingerprint density at radius 1 is 1.12 bits per heavy atom. The van der Waals surface area contributed by atoms with E-state index >= 15 is 0 Å². The Balaban J connectivity index is 1.85.